The Hall–Kier alpha value is -2.15. The molecule has 0 saturated carbocycles. The molecule has 0 saturated heterocycles. The van der Waals surface area contributed by atoms with Crippen molar-refractivity contribution in [3.63, 3.8) is 0 Å². The highest BCUT2D eigenvalue weighted by atomic mass is 16.5. The van der Waals surface area contributed by atoms with E-state index in [1.54, 1.807) is 12.4 Å². The first-order chi connectivity index (χ1) is 9.24. The van der Waals surface area contributed by atoms with Gasteiger partial charge < -0.3 is 19.6 Å². The van der Waals surface area contributed by atoms with Gasteiger partial charge in [-0.3, -0.25) is 0 Å². The summed E-state index contributed by atoms with van der Waals surface area (Å²) in [6.45, 7) is 4.13. The summed E-state index contributed by atoms with van der Waals surface area (Å²) in [6.07, 6.45) is 1.71. The summed E-state index contributed by atoms with van der Waals surface area (Å²) >= 11 is 0. The van der Waals surface area contributed by atoms with E-state index in [2.05, 4.69) is 25.2 Å². The molecule has 0 aliphatic carbocycles. The quantitative estimate of drug-likeness (QED) is 0.749. The van der Waals surface area contributed by atoms with Crippen molar-refractivity contribution in [3.8, 4) is 0 Å². The molecule has 0 spiro atoms. The summed E-state index contributed by atoms with van der Waals surface area (Å²) in [6, 6.07) is 3.56. The number of aromatic nitrogens is 4. The van der Waals surface area contributed by atoms with Gasteiger partial charge in [0.1, 0.15) is 17.8 Å². The predicted octanol–water partition coefficient (Wildman–Crippen LogP) is 0.702. The Morgan fingerprint density at radius 1 is 1.47 bits per heavy atom. The number of carbonyl (C=O) groups is 1. The fourth-order valence-corrected chi connectivity index (χ4v) is 1.76. The first-order valence-electron chi connectivity index (χ1n) is 6.08. The number of nitrogens with zero attached hydrogens (tertiary/aromatic N) is 3. The number of methoxy groups -OCH3 is 1. The van der Waals surface area contributed by atoms with Crippen molar-refractivity contribution in [1.82, 2.24) is 25.1 Å². The van der Waals surface area contributed by atoms with Crippen LogP contribution in [0.2, 0.25) is 0 Å². The van der Waals surface area contributed by atoms with Gasteiger partial charge in [0.05, 0.1) is 13.7 Å². The molecule has 7 nitrogen and oxygen atoms in total. The fraction of sp³-hybridized carbons (Fsp3) is 0.417. The summed E-state index contributed by atoms with van der Waals surface area (Å²) in [4.78, 5) is 14.3. The summed E-state index contributed by atoms with van der Waals surface area (Å²) < 4.78 is 6.60. The molecule has 0 fully saturated rings. The number of hydrogen-bond acceptors (Lipinski definition) is 5. The lowest BCUT2D eigenvalue weighted by atomic mass is 10.4. The van der Waals surface area contributed by atoms with Crippen molar-refractivity contribution in [1.29, 1.82) is 0 Å². The van der Waals surface area contributed by atoms with Gasteiger partial charge >= 0.3 is 5.97 Å². The third kappa shape index (κ3) is 3.19. The zero-order chi connectivity index (χ0) is 13.7. The molecule has 2 N–H and O–H groups in total. The van der Waals surface area contributed by atoms with Crippen LogP contribution in [0.25, 0.3) is 0 Å². The molecule has 0 aliphatic heterocycles. The molecule has 19 heavy (non-hydrogen) atoms. The monoisotopic (exact) mass is 263 g/mol. The van der Waals surface area contributed by atoms with Crippen LogP contribution in [0.1, 0.15) is 28.9 Å². The second-order valence-corrected chi connectivity index (χ2v) is 4.03. The molecule has 0 amide bonds. The van der Waals surface area contributed by atoms with E-state index in [1.165, 1.54) is 7.11 Å². The predicted molar refractivity (Wildman–Crippen MR) is 68.4 cm³/mol. The lowest BCUT2D eigenvalue weighted by Gasteiger charge is -2.04. The van der Waals surface area contributed by atoms with E-state index in [0.717, 1.165) is 18.1 Å². The summed E-state index contributed by atoms with van der Waals surface area (Å²) in [5.74, 6) is 0.527. The van der Waals surface area contributed by atoms with Gasteiger partial charge in [0, 0.05) is 18.8 Å². The molecule has 0 atom stereocenters. The van der Waals surface area contributed by atoms with E-state index in [9.17, 15) is 4.79 Å². The molecule has 2 rings (SSSR count). The van der Waals surface area contributed by atoms with E-state index in [1.807, 2.05) is 17.6 Å². The molecule has 2 aromatic heterocycles. The van der Waals surface area contributed by atoms with Crippen molar-refractivity contribution in [3.05, 3.63) is 35.7 Å². The Kier molecular flexibility index (Phi) is 4.30. The molecule has 0 aromatic carbocycles. The Morgan fingerprint density at radius 3 is 3.05 bits per heavy atom. The number of ether oxygens (including phenoxy) is 1. The van der Waals surface area contributed by atoms with E-state index in [-0.39, 0.29) is 5.97 Å². The average molecular weight is 263 g/mol. The van der Waals surface area contributed by atoms with Gasteiger partial charge in [0.2, 0.25) is 0 Å². The summed E-state index contributed by atoms with van der Waals surface area (Å²) in [5, 5.41) is 11.1. The average Bonchev–Trinajstić information content (AvgIpc) is 3.06. The molecule has 2 aromatic rings. The number of aromatic amines is 1. The van der Waals surface area contributed by atoms with Gasteiger partial charge in [-0.05, 0) is 19.1 Å². The highest BCUT2D eigenvalue weighted by Crippen LogP contribution is 2.03. The van der Waals surface area contributed by atoms with Crippen LogP contribution in [0.4, 0.5) is 0 Å². The number of H-pyrrole nitrogens is 1. The van der Waals surface area contributed by atoms with E-state index in [0.29, 0.717) is 18.8 Å². The second-order valence-electron chi connectivity index (χ2n) is 4.03. The number of esters is 1. The summed E-state index contributed by atoms with van der Waals surface area (Å²) in [5.41, 5.74) is 1.37. The normalized spacial score (nSPS) is 10.6. The van der Waals surface area contributed by atoms with Crippen LogP contribution in [-0.2, 0) is 24.4 Å². The zero-order valence-electron chi connectivity index (χ0n) is 11.0. The van der Waals surface area contributed by atoms with Crippen LogP contribution >= 0.6 is 0 Å². The number of aryl methyl sites for hydroxylation is 1. The lowest BCUT2D eigenvalue weighted by Crippen LogP contribution is -2.16. The maximum absolute atomic E-state index is 11.3. The third-order valence-electron chi connectivity index (χ3n) is 2.79. The van der Waals surface area contributed by atoms with Gasteiger partial charge in [0.25, 0.3) is 0 Å². The molecule has 7 heteroatoms. The first kappa shape index (κ1) is 13.3. The molecule has 0 radical (unpaired) electrons. The van der Waals surface area contributed by atoms with Crippen molar-refractivity contribution < 1.29 is 9.53 Å². The van der Waals surface area contributed by atoms with Crippen LogP contribution < -0.4 is 5.32 Å². The fourth-order valence-electron chi connectivity index (χ4n) is 1.76. The smallest absolute Gasteiger partial charge is 0.354 e. The molecular formula is C12H17N5O2. The number of nitrogens with one attached hydrogen (secondary N) is 2. The SMILES string of the molecule is CCn1cnnc1CNCc1ccc(C(=O)OC)[nH]1. The topological polar surface area (TPSA) is 84.8 Å². The minimum absolute atomic E-state index is 0.364. The Bertz CT molecular complexity index is 546. The van der Waals surface area contributed by atoms with Crippen LogP contribution in [-0.4, -0.2) is 32.8 Å². The molecule has 0 unspecified atom stereocenters. The molecule has 0 bridgehead atoms. The highest BCUT2D eigenvalue weighted by molar-refractivity contribution is 5.87. The van der Waals surface area contributed by atoms with Crippen molar-refractivity contribution in [2.24, 2.45) is 0 Å². The minimum atomic E-state index is -0.364. The van der Waals surface area contributed by atoms with E-state index < -0.39 is 0 Å². The van der Waals surface area contributed by atoms with Gasteiger partial charge in [-0.25, -0.2) is 4.79 Å². The first-order valence-corrected chi connectivity index (χ1v) is 6.08. The molecule has 102 valence electrons. The Morgan fingerprint density at radius 2 is 2.32 bits per heavy atom. The van der Waals surface area contributed by atoms with Gasteiger partial charge in [-0.2, -0.15) is 0 Å². The Labute approximate surface area is 111 Å². The Balaban J connectivity index is 1.86. The lowest BCUT2D eigenvalue weighted by molar-refractivity contribution is 0.0594. The maximum atomic E-state index is 11.3. The van der Waals surface area contributed by atoms with Gasteiger partial charge in [-0.15, -0.1) is 10.2 Å². The van der Waals surface area contributed by atoms with Gasteiger partial charge in [-0.1, -0.05) is 0 Å². The van der Waals surface area contributed by atoms with Crippen molar-refractivity contribution in [2.75, 3.05) is 7.11 Å². The van der Waals surface area contributed by atoms with Crippen LogP contribution in [0.15, 0.2) is 18.5 Å². The van der Waals surface area contributed by atoms with Crippen molar-refractivity contribution >= 4 is 5.97 Å². The minimum Gasteiger partial charge on any atom is -0.464 e. The van der Waals surface area contributed by atoms with Crippen LogP contribution in [0, 0.1) is 0 Å². The van der Waals surface area contributed by atoms with Gasteiger partial charge in [0.15, 0.2) is 0 Å². The number of carbonyl (C=O) groups excluding carboxylic acids is 1. The number of hydrogen-bond donors (Lipinski definition) is 2. The van der Waals surface area contributed by atoms with E-state index in [4.69, 9.17) is 0 Å². The number of rotatable bonds is 6. The highest BCUT2D eigenvalue weighted by Gasteiger charge is 2.08. The maximum Gasteiger partial charge on any atom is 0.354 e. The molecule has 2 heterocycles. The van der Waals surface area contributed by atoms with Crippen molar-refractivity contribution in [2.45, 2.75) is 26.6 Å². The largest absolute Gasteiger partial charge is 0.464 e. The summed E-state index contributed by atoms with van der Waals surface area (Å²) in [7, 11) is 1.36. The zero-order valence-corrected chi connectivity index (χ0v) is 11.0. The standard InChI is InChI=1S/C12H17N5O2/c1-3-17-8-14-16-11(17)7-13-6-9-4-5-10(15-9)12(18)19-2/h4-5,8,13,15H,3,6-7H2,1-2H3. The van der Waals surface area contributed by atoms with E-state index >= 15 is 0 Å². The van der Waals surface area contributed by atoms with Crippen LogP contribution in [0.3, 0.4) is 0 Å². The second kappa shape index (κ2) is 6.14. The molecular weight excluding hydrogens is 246 g/mol. The van der Waals surface area contributed by atoms with Crippen LogP contribution in [0.5, 0.6) is 0 Å². The molecule has 0 aliphatic rings. The third-order valence-corrected chi connectivity index (χ3v) is 2.79.